The molecule has 0 radical (unpaired) electrons. The zero-order chi connectivity index (χ0) is 18.8. The van der Waals surface area contributed by atoms with Gasteiger partial charge in [0, 0.05) is 37.3 Å². The summed E-state index contributed by atoms with van der Waals surface area (Å²) in [5.41, 5.74) is 2.40. The lowest BCUT2D eigenvalue weighted by atomic mass is 9.95. The van der Waals surface area contributed by atoms with Crippen molar-refractivity contribution in [3.8, 4) is 0 Å². The van der Waals surface area contributed by atoms with Crippen molar-refractivity contribution in [1.82, 2.24) is 14.9 Å². The van der Waals surface area contributed by atoms with Crippen molar-refractivity contribution in [1.29, 1.82) is 0 Å². The van der Waals surface area contributed by atoms with Gasteiger partial charge in [0.15, 0.2) is 0 Å². The van der Waals surface area contributed by atoms with Crippen LogP contribution in [-0.2, 0) is 11.2 Å². The van der Waals surface area contributed by atoms with Crippen molar-refractivity contribution < 1.29 is 14.0 Å². The summed E-state index contributed by atoms with van der Waals surface area (Å²) in [4.78, 5) is 34.4. The second kappa shape index (κ2) is 7.30. The third-order valence-corrected chi connectivity index (χ3v) is 5.04. The molecule has 1 saturated heterocycles. The van der Waals surface area contributed by atoms with Gasteiger partial charge in [-0.25, -0.2) is 19.2 Å². The summed E-state index contributed by atoms with van der Waals surface area (Å²) in [5.74, 6) is -0.419. The fourth-order valence-electron chi connectivity index (χ4n) is 3.70. The van der Waals surface area contributed by atoms with Gasteiger partial charge in [-0.3, -0.25) is 4.79 Å². The van der Waals surface area contributed by atoms with E-state index in [2.05, 4.69) is 20.6 Å². The Bertz CT molecular complexity index is 874. The average molecular weight is 369 g/mol. The molecule has 0 unspecified atom stereocenters. The Hall–Kier alpha value is -3.03. The van der Waals surface area contributed by atoms with E-state index in [0.29, 0.717) is 42.9 Å². The molecule has 7 nitrogen and oxygen atoms in total. The molecule has 2 aromatic rings. The average Bonchev–Trinajstić information content (AvgIpc) is 2.69. The molecule has 0 saturated carbocycles. The number of aromatic nitrogens is 2. The number of carbonyl (C=O) groups excluding carboxylic acids is 2. The van der Waals surface area contributed by atoms with Gasteiger partial charge in [-0.15, -0.1) is 0 Å². The molecule has 27 heavy (non-hydrogen) atoms. The highest BCUT2D eigenvalue weighted by Crippen LogP contribution is 2.33. The van der Waals surface area contributed by atoms with E-state index in [1.54, 1.807) is 11.1 Å². The molecule has 1 atom stereocenters. The highest BCUT2D eigenvalue weighted by Gasteiger charge is 2.27. The van der Waals surface area contributed by atoms with Crippen LogP contribution in [0.2, 0.25) is 0 Å². The van der Waals surface area contributed by atoms with E-state index in [4.69, 9.17) is 0 Å². The van der Waals surface area contributed by atoms with Gasteiger partial charge in [0.25, 0.3) is 0 Å². The Morgan fingerprint density at radius 2 is 2.22 bits per heavy atom. The van der Waals surface area contributed by atoms with Gasteiger partial charge < -0.3 is 15.5 Å². The van der Waals surface area contributed by atoms with Crippen LogP contribution in [0.5, 0.6) is 0 Å². The number of nitrogens with one attached hydrogen (secondary N) is 2. The highest BCUT2D eigenvalue weighted by molar-refractivity contribution is 6.01. The maximum Gasteiger partial charge on any atom is 0.321 e. The van der Waals surface area contributed by atoms with Gasteiger partial charge in [-0.1, -0.05) is 0 Å². The molecule has 2 N–H and O–H groups in total. The van der Waals surface area contributed by atoms with Crippen LogP contribution >= 0.6 is 0 Å². The minimum atomic E-state index is -0.433. The number of likely N-dealkylation sites (tertiary alicyclic amines) is 1. The molecule has 140 valence electrons. The van der Waals surface area contributed by atoms with Gasteiger partial charge in [0.05, 0.1) is 11.4 Å². The van der Waals surface area contributed by atoms with E-state index in [9.17, 15) is 14.0 Å². The Morgan fingerprint density at radius 3 is 3.04 bits per heavy atom. The number of anilines is 2. The summed E-state index contributed by atoms with van der Waals surface area (Å²) in [6, 6.07) is 4.20. The van der Waals surface area contributed by atoms with Gasteiger partial charge >= 0.3 is 6.03 Å². The van der Waals surface area contributed by atoms with Crippen molar-refractivity contribution in [3.63, 3.8) is 0 Å². The SMILES string of the molecule is O=C1CCc2cc(F)cc(NC(=O)N3CCC[C@H](c4ccncn4)C3)c2N1. The summed E-state index contributed by atoms with van der Waals surface area (Å²) in [6.45, 7) is 1.16. The number of fused-ring (bicyclic) bond motifs is 1. The highest BCUT2D eigenvalue weighted by atomic mass is 19.1. The van der Waals surface area contributed by atoms with Crippen molar-refractivity contribution >= 4 is 23.3 Å². The van der Waals surface area contributed by atoms with Gasteiger partial charge in [-0.05, 0) is 43.0 Å². The number of piperidine rings is 1. The zero-order valence-electron chi connectivity index (χ0n) is 14.7. The van der Waals surface area contributed by atoms with E-state index in [-0.39, 0.29) is 17.9 Å². The first-order valence-electron chi connectivity index (χ1n) is 9.04. The maximum atomic E-state index is 13.9. The normalized spacial score (nSPS) is 19.2. The number of benzene rings is 1. The number of urea groups is 1. The molecule has 1 fully saturated rings. The molecule has 4 rings (SSSR count). The molecular formula is C19H20FN5O2. The van der Waals surface area contributed by atoms with Crippen LogP contribution in [0.3, 0.4) is 0 Å². The number of aryl methyl sites for hydroxylation is 1. The molecule has 1 aromatic heterocycles. The van der Waals surface area contributed by atoms with Crippen LogP contribution in [-0.4, -0.2) is 39.9 Å². The predicted octanol–water partition coefficient (Wildman–Crippen LogP) is 2.91. The van der Waals surface area contributed by atoms with E-state index in [1.165, 1.54) is 18.5 Å². The summed E-state index contributed by atoms with van der Waals surface area (Å²) >= 11 is 0. The van der Waals surface area contributed by atoms with Crippen LogP contribution in [0.25, 0.3) is 0 Å². The number of halogens is 1. The summed E-state index contributed by atoms with van der Waals surface area (Å²) < 4.78 is 13.9. The maximum absolute atomic E-state index is 13.9. The zero-order valence-corrected chi connectivity index (χ0v) is 14.7. The smallest absolute Gasteiger partial charge is 0.321 e. The quantitative estimate of drug-likeness (QED) is 0.852. The Morgan fingerprint density at radius 1 is 1.33 bits per heavy atom. The number of carbonyl (C=O) groups is 2. The third kappa shape index (κ3) is 3.74. The standard InChI is InChI=1S/C19H20FN5O2/c20-14-8-12-3-4-17(26)24-18(12)16(9-14)23-19(27)25-7-1-2-13(10-25)15-5-6-21-11-22-15/h5-6,8-9,11,13H,1-4,7,10H2,(H,23,27)(H,24,26)/t13-/m0/s1. The molecule has 0 bridgehead atoms. The minimum absolute atomic E-state index is 0.133. The number of hydrogen-bond donors (Lipinski definition) is 2. The summed E-state index contributed by atoms with van der Waals surface area (Å²) in [7, 11) is 0. The van der Waals surface area contributed by atoms with E-state index in [1.807, 2.05) is 6.07 Å². The Kier molecular flexibility index (Phi) is 4.70. The van der Waals surface area contributed by atoms with E-state index >= 15 is 0 Å². The summed E-state index contributed by atoms with van der Waals surface area (Å²) in [6.07, 6.45) is 5.79. The van der Waals surface area contributed by atoms with Gasteiger partial charge in [0.1, 0.15) is 12.1 Å². The minimum Gasteiger partial charge on any atom is -0.324 e. The fourth-order valence-corrected chi connectivity index (χ4v) is 3.70. The van der Waals surface area contributed by atoms with Crippen molar-refractivity contribution in [2.45, 2.75) is 31.6 Å². The van der Waals surface area contributed by atoms with Crippen LogP contribution in [0, 0.1) is 5.82 Å². The number of amides is 3. The lowest BCUT2D eigenvalue weighted by Crippen LogP contribution is -2.42. The second-order valence-corrected chi connectivity index (χ2v) is 6.89. The largest absolute Gasteiger partial charge is 0.324 e. The molecule has 0 aliphatic carbocycles. The predicted molar refractivity (Wildman–Crippen MR) is 97.9 cm³/mol. The first kappa shape index (κ1) is 17.4. The van der Waals surface area contributed by atoms with Crippen LogP contribution in [0.4, 0.5) is 20.6 Å². The molecule has 0 spiro atoms. The van der Waals surface area contributed by atoms with E-state index < -0.39 is 5.82 Å². The van der Waals surface area contributed by atoms with Crippen LogP contribution in [0.15, 0.2) is 30.7 Å². The number of hydrogen-bond acceptors (Lipinski definition) is 4. The molecule has 2 aliphatic heterocycles. The van der Waals surface area contributed by atoms with Crippen LogP contribution in [0.1, 0.15) is 36.4 Å². The first-order chi connectivity index (χ1) is 13.1. The topological polar surface area (TPSA) is 87.2 Å². The third-order valence-electron chi connectivity index (χ3n) is 5.04. The molecule has 2 aliphatic rings. The Labute approximate surface area is 156 Å². The van der Waals surface area contributed by atoms with Gasteiger partial charge in [0.2, 0.25) is 5.91 Å². The molecule has 8 heteroatoms. The number of rotatable bonds is 2. The van der Waals surface area contributed by atoms with E-state index in [0.717, 1.165) is 18.5 Å². The molecular weight excluding hydrogens is 349 g/mol. The molecule has 1 aromatic carbocycles. The summed E-state index contributed by atoms with van der Waals surface area (Å²) in [5, 5.41) is 5.52. The molecule has 3 heterocycles. The van der Waals surface area contributed by atoms with Gasteiger partial charge in [-0.2, -0.15) is 0 Å². The lowest BCUT2D eigenvalue weighted by molar-refractivity contribution is -0.116. The molecule has 3 amide bonds. The van der Waals surface area contributed by atoms with Crippen molar-refractivity contribution in [2.75, 3.05) is 23.7 Å². The van der Waals surface area contributed by atoms with Crippen molar-refractivity contribution in [2.24, 2.45) is 0 Å². The first-order valence-corrected chi connectivity index (χ1v) is 9.04. The van der Waals surface area contributed by atoms with Crippen LogP contribution < -0.4 is 10.6 Å². The number of nitrogens with zero attached hydrogens (tertiary/aromatic N) is 3. The monoisotopic (exact) mass is 369 g/mol. The lowest BCUT2D eigenvalue weighted by Gasteiger charge is -2.33. The second-order valence-electron chi connectivity index (χ2n) is 6.89. The Balaban J connectivity index is 1.51. The van der Waals surface area contributed by atoms with Crippen molar-refractivity contribution in [3.05, 3.63) is 47.8 Å². The fraction of sp³-hybridized carbons (Fsp3) is 0.368.